The van der Waals surface area contributed by atoms with Gasteiger partial charge in [-0.25, -0.2) is 4.99 Å². The van der Waals surface area contributed by atoms with Crippen LogP contribution in [0.5, 0.6) is 0 Å². The van der Waals surface area contributed by atoms with Crippen molar-refractivity contribution in [3.63, 3.8) is 0 Å². The summed E-state index contributed by atoms with van der Waals surface area (Å²) in [6.45, 7) is 7.27. The highest BCUT2D eigenvalue weighted by atomic mass is 14.8. The predicted molar refractivity (Wildman–Crippen MR) is 39.8 cm³/mol. The molecule has 0 atom stereocenters. The lowest BCUT2D eigenvalue weighted by molar-refractivity contribution is -0.391. The average molecular weight is 125 g/mol. The van der Waals surface area contributed by atoms with Crippen LogP contribution in [0.2, 0.25) is 0 Å². The van der Waals surface area contributed by atoms with Crippen LogP contribution in [0.25, 0.3) is 0 Å². The van der Waals surface area contributed by atoms with Crippen molar-refractivity contribution in [1.29, 1.82) is 0 Å². The van der Waals surface area contributed by atoms with Crippen molar-refractivity contribution in [2.45, 2.75) is 13.8 Å². The van der Waals surface area contributed by atoms with E-state index in [1.54, 1.807) is 12.3 Å². The maximum Gasteiger partial charge on any atom is 0.195 e. The molecular formula is C7H13N2+. The van der Waals surface area contributed by atoms with E-state index >= 15 is 0 Å². The lowest BCUT2D eigenvalue weighted by atomic mass is 10.4. The highest BCUT2D eigenvalue weighted by Gasteiger charge is 1.90. The van der Waals surface area contributed by atoms with E-state index in [9.17, 15) is 0 Å². The zero-order chi connectivity index (χ0) is 7.28. The van der Waals surface area contributed by atoms with Crippen LogP contribution < -0.4 is 10.7 Å². The van der Waals surface area contributed by atoms with Crippen LogP contribution >= 0.6 is 0 Å². The van der Waals surface area contributed by atoms with Gasteiger partial charge in [0.25, 0.3) is 0 Å². The van der Waals surface area contributed by atoms with Gasteiger partial charge in [-0.15, -0.1) is 0 Å². The van der Waals surface area contributed by atoms with Crippen molar-refractivity contribution in [2.75, 3.05) is 0 Å². The van der Waals surface area contributed by atoms with Crippen LogP contribution in [0.15, 0.2) is 24.0 Å². The molecule has 0 amide bonds. The Balaban J connectivity index is 4.06. The number of allylic oxidation sites excluding steroid dienone is 3. The Bertz CT molecular complexity index is 150. The predicted octanol–water partition coefficient (Wildman–Crippen LogP) is -0.466. The van der Waals surface area contributed by atoms with Gasteiger partial charge in [-0.05, 0) is 13.0 Å². The Morgan fingerprint density at radius 3 is 2.44 bits per heavy atom. The lowest BCUT2D eigenvalue weighted by Gasteiger charge is -1.85. The van der Waals surface area contributed by atoms with Crippen molar-refractivity contribution in [2.24, 2.45) is 5.73 Å². The van der Waals surface area contributed by atoms with E-state index in [0.717, 1.165) is 11.4 Å². The summed E-state index contributed by atoms with van der Waals surface area (Å²) in [6, 6.07) is 0. The van der Waals surface area contributed by atoms with Gasteiger partial charge in [0, 0.05) is 6.92 Å². The van der Waals surface area contributed by atoms with Crippen LogP contribution in [0.3, 0.4) is 0 Å². The molecule has 0 rings (SSSR count). The monoisotopic (exact) mass is 125 g/mol. The number of nitrogens with two attached hydrogens (primary N) is 1. The molecule has 0 aromatic rings. The quantitative estimate of drug-likeness (QED) is 0.481. The van der Waals surface area contributed by atoms with Crippen molar-refractivity contribution in [3.8, 4) is 0 Å². The fourth-order valence-electron chi connectivity index (χ4n) is 0.298. The van der Waals surface area contributed by atoms with E-state index in [2.05, 4.69) is 11.6 Å². The fraction of sp³-hybridized carbons (Fsp3) is 0.286. The minimum absolute atomic E-state index is 0.799. The number of hydrogen-bond acceptors (Lipinski definition) is 1. The number of rotatable bonds is 2. The van der Waals surface area contributed by atoms with Crippen LogP contribution in [-0.2, 0) is 0 Å². The Morgan fingerprint density at radius 1 is 1.56 bits per heavy atom. The Kier molecular flexibility index (Phi) is 3.44. The summed E-state index contributed by atoms with van der Waals surface area (Å²) in [5.74, 6) is 0. The molecule has 0 bridgehead atoms. The molecule has 0 aromatic heterocycles. The van der Waals surface area contributed by atoms with Gasteiger partial charge in [-0.3, -0.25) is 0 Å². The van der Waals surface area contributed by atoms with Gasteiger partial charge in [-0.1, -0.05) is 6.58 Å². The molecule has 0 spiro atoms. The normalized spacial score (nSPS) is 13.6. The summed E-state index contributed by atoms with van der Waals surface area (Å²) in [4.78, 5) is 2.94. The summed E-state index contributed by atoms with van der Waals surface area (Å²) in [6.07, 6.45) is 3.41. The van der Waals surface area contributed by atoms with Gasteiger partial charge < -0.3 is 5.73 Å². The maximum absolute atomic E-state index is 5.44. The molecule has 0 aromatic carbocycles. The molecular weight excluding hydrogens is 112 g/mol. The molecule has 0 saturated heterocycles. The lowest BCUT2D eigenvalue weighted by Crippen LogP contribution is -2.66. The molecule has 9 heavy (non-hydrogen) atoms. The highest BCUT2D eigenvalue weighted by molar-refractivity contribution is 5.64. The van der Waals surface area contributed by atoms with Crippen molar-refractivity contribution < 1.29 is 4.99 Å². The van der Waals surface area contributed by atoms with Gasteiger partial charge in [-0.2, -0.15) is 0 Å². The second kappa shape index (κ2) is 3.89. The molecule has 0 aliphatic heterocycles. The molecule has 0 radical (unpaired) electrons. The summed E-state index contributed by atoms with van der Waals surface area (Å²) >= 11 is 0. The minimum atomic E-state index is 0.799. The van der Waals surface area contributed by atoms with Crippen LogP contribution in [-0.4, -0.2) is 6.21 Å². The first-order valence-electron chi connectivity index (χ1n) is 2.82. The molecule has 50 valence electrons. The van der Waals surface area contributed by atoms with Crippen molar-refractivity contribution in [1.82, 2.24) is 0 Å². The Labute approximate surface area is 55.8 Å². The average Bonchev–Trinajstić information content (AvgIpc) is 1.82. The van der Waals surface area contributed by atoms with Crippen molar-refractivity contribution >= 4 is 6.21 Å². The SMILES string of the molecule is C=CC=[NH+]/C(C)=C(/C)N. The first kappa shape index (κ1) is 7.95. The zero-order valence-electron chi connectivity index (χ0n) is 5.94. The Hall–Kier alpha value is -1.05. The largest absolute Gasteiger partial charge is 0.397 e. The number of nitrogens with one attached hydrogen (secondary N) is 1. The molecule has 3 N–H and O–H groups in total. The first-order chi connectivity index (χ1) is 4.18. The molecule has 2 nitrogen and oxygen atoms in total. The summed E-state index contributed by atoms with van der Waals surface area (Å²) in [5, 5.41) is 0. The molecule has 2 heteroatoms. The zero-order valence-corrected chi connectivity index (χ0v) is 5.94. The van der Waals surface area contributed by atoms with Gasteiger partial charge in [0.2, 0.25) is 0 Å². The van der Waals surface area contributed by atoms with E-state index in [0.29, 0.717) is 0 Å². The molecule has 0 saturated carbocycles. The maximum atomic E-state index is 5.44. The van der Waals surface area contributed by atoms with Crippen LogP contribution in [0.1, 0.15) is 13.8 Å². The van der Waals surface area contributed by atoms with Gasteiger partial charge in [0.1, 0.15) is 0 Å². The minimum Gasteiger partial charge on any atom is -0.397 e. The van der Waals surface area contributed by atoms with Crippen molar-refractivity contribution in [3.05, 3.63) is 24.0 Å². The van der Waals surface area contributed by atoms with E-state index in [-0.39, 0.29) is 0 Å². The second-order valence-electron chi connectivity index (χ2n) is 1.85. The Morgan fingerprint density at radius 2 is 2.11 bits per heavy atom. The standard InChI is InChI=1S/C7H12N2/c1-4-5-9-7(3)6(2)8/h4-5H,1,8H2,2-3H3/p+1/b7-6-,9-5?. The van der Waals surface area contributed by atoms with Crippen LogP contribution in [0, 0.1) is 0 Å². The third kappa shape index (κ3) is 3.53. The second-order valence-corrected chi connectivity index (χ2v) is 1.85. The highest BCUT2D eigenvalue weighted by Crippen LogP contribution is 1.80. The topological polar surface area (TPSA) is 40.0 Å². The third-order valence-corrected chi connectivity index (χ3v) is 1.01. The smallest absolute Gasteiger partial charge is 0.195 e. The van der Waals surface area contributed by atoms with E-state index < -0.39 is 0 Å². The van der Waals surface area contributed by atoms with Gasteiger partial charge in [0.05, 0.1) is 5.70 Å². The molecule has 0 unspecified atom stereocenters. The molecule has 0 aliphatic rings. The van der Waals surface area contributed by atoms with E-state index in [1.165, 1.54) is 0 Å². The van der Waals surface area contributed by atoms with Gasteiger partial charge in [0.15, 0.2) is 11.9 Å². The first-order valence-corrected chi connectivity index (χ1v) is 2.82. The van der Waals surface area contributed by atoms with Gasteiger partial charge >= 0.3 is 0 Å². The number of hydrogen-bond donors (Lipinski definition) is 2. The third-order valence-electron chi connectivity index (χ3n) is 1.01. The summed E-state index contributed by atoms with van der Waals surface area (Å²) < 4.78 is 0. The molecule has 0 aliphatic carbocycles. The van der Waals surface area contributed by atoms with E-state index in [4.69, 9.17) is 5.73 Å². The molecule has 0 heterocycles. The fourth-order valence-corrected chi connectivity index (χ4v) is 0.298. The molecule has 0 fully saturated rings. The van der Waals surface area contributed by atoms with Crippen LogP contribution in [0.4, 0.5) is 0 Å². The summed E-state index contributed by atoms with van der Waals surface area (Å²) in [7, 11) is 0. The summed E-state index contributed by atoms with van der Waals surface area (Å²) in [5.41, 5.74) is 7.21. The van der Waals surface area contributed by atoms with E-state index in [1.807, 2.05) is 13.8 Å².